The predicted octanol–water partition coefficient (Wildman–Crippen LogP) is 4.07. The number of aryl methyl sites for hydroxylation is 3. The fraction of sp³-hybridized carbons (Fsp3) is 0.250. The summed E-state index contributed by atoms with van der Waals surface area (Å²) in [7, 11) is 0. The summed E-state index contributed by atoms with van der Waals surface area (Å²) in [5, 5.41) is 1.27. The van der Waals surface area contributed by atoms with Gasteiger partial charge in [0.1, 0.15) is 0 Å². The number of rotatable bonds is 4. The van der Waals surface area contributed by atoms with E-state index < -0.39 is 0 Å². The van der Waals surface area contributed by atoms with Crippen LogP contribution in [0.5, 0.6) is 0 Å². The summed E-state index contributed by atoms with van der Waals surface area (Å²) in [6.45, 7) is 4.89. The monoisotopic (exact) mass is 288 g/mol. The number of benzene rings is 1. The molecule has 1 aromatic carbocycles. The minimum atomic E-state index is 0.597. The first-order valence-electron chi connectivity index (χ1n) is 7.63. The highest BCUT2D eigenvalue weighted by Crippen LogP contribution is 2.27. The first-order valence-corrected chi connectivity index (χ1v) is 7.63. The third kappa shape index (κ3) is 2.51. The molecule has 2 heterocycles. The molecule has 110 valence electrons. The molecule has 0 atom stereocenters. The van der Waals surface area contributed by atoms with Crippen LogP contribution in [0.2, 0.25) is 0 Å². The van der Waals surface area contributed by atoms with Crippen molar-refractivity contribution in [2.75, 3.05) is 0 Å². The molecule has 0 aliphatic heterocycles. The number of nitrogens with zero attached hydrogens (tertiary/aromatic N) is 2. The van der Waals surface area contributed by atoms with Crippen LogP contribution in [-0.4, -0.2) is 9.55 Å². The Labute approximate surface area is 131 Å². The van der Waals surface area contributed by atoms with Gasteiger partial charge in [-0.3, -0.25) is 4.98 Å². The van der Waals surface area contributed by atoms with Gasteiger partial charge >= 0.3 is 0 Å². The normalized spacial score (nSPS) is 10.8. The Morgan fingerprint density at radius 3 is 2.59 bits per heavy atom. The van der Waals surface area contributed by atoms with Crippen LogP contribution in [0.3, 0.4) is 0 Å². The van der Waals surface area contributed by atoms with Crippen molar-refractivity contribution < 1.29 is 0 Å². The van der Waals surface area contributed by atoms with E-state index in [1.807, 2.05) is 12.3 Å². The van der Waals surface area contributed by atoms with Gasteiger partial charge < -0.3 is 4.57 Å². The quantitative estimate of drug-likeness (QED) is 0.662. The van der Waals surface area contributed by atoms with Crippen LogP contribution in [0.15, 0.2) is 42.6 Å². The highest BCUT2D eigenvalue weighted by atomic mass is 15.0. The lowest BCUT2D eigenvalue weighted by molar-refractivity contribution is 0.823. The van der Waals surface area contributed by atoms with Crippen molar-refractivity contribution in [3.8, 4) is 12.3 Å². The molecule has 0 aliphatic carbocycles. The molecule has 0 saturated heterocycles. The average Bonchev–Trinajstić information content (AvgIpc) is 2.80. The first-order chi connectivity index (χ1) is 10.7. The van der Waals surface area contributed by atoms with E-state index in [0.29, 0.717) is 6.54 Å². The molecule has 0 spiro atoms. The molecule has 0 bridgehead atoms. The smallest absolute Gasteiger partial charge is 0.0838 e. The van der Waals surface area contributed by atoms with E-state index >= 15 is 0 Å². The van der Waals surface area contributed by atoms with Gasteiger partial charge in [0.2, 0.25) is 0 Å². The van der Waals surface area contributed by atoms with E-state index in [4.69, 9.17) is 6.42 Å². The summed E-state index contributed by atoms with van der Waals surface area (Å²) in [6.07, 6.45) is 9.38. The minimum Gasteiger partial charge on any atom is -0.331 e. The Morgan fingerprint density at radius 2 is 1.86 bits per heavy atom. The second kappa shape index (κ2) is 6.07. The highest BCUT2D eigenvalue weighted by Gasteiger charge is 2.14. The minimum absolute atomic E-state index is 0.597. The zero-order chi connectivity index (χ0) is 15.5. The fourth-order valence-electron chi connectivity index (χ4n) is 3.05. The van der Waals surface area contributed by atoms with Crippen molar-refractivity contribution in [1.29, 1.82) is 0 Å². The van der Waals surface area contributed by atoms with Gasteiger partial charge in [-0.2, -0.15) is 0 Å². The van der Waals surface area contributed by atoms with E-state index in [9.17, 15) is 0 Å². The first kappa shape index (κ1) is 14.4. The van der Waals surface area contributed by atoms with E-state index in [0.717, 1.165) is 18.5 Å². The van der Waals surface area contributed by atoms with Crippen LogP contribution in [0, 0.1) is 26.2 Å². The predicted molar refractivity (Wildman–Crippen MR) is 91.9 cm³/mol. The van der Waals surface area contributed by atoms with Gasteiger partial charge in [0.25, 0.3) is 0 Å². The molecule has 0 fully saturated rings. The third-order valence-corrected chi connectivity index (χ3v) is 4.36. The number of hydrogen-bond acceptors (Lipinski definition) is 1. The topological polar surface area (TPSA) is 17.8 Å². The Balaban J connectivity index is 2.03. The third-order valence-electron chi connectivity index (χ3n) is 4.36. The number of aromatic nitrogens is 2. The summed E-state index contributed by atoms with van der Waals surface area (Å²) >= 11 is 0. The van der Waals surface area contributed by atoms with Gasteiger partial charge in [-0.25, -0.2) is 0 Å². The van der Waals surface area contributed by atoms with Crippen LogP contribution in [0.25, 0.3) is 10.9 Å². The van der Waals surface area contributed by atoms with Gasteiger partial charge in [-0.1, -0.05) is 36.3 Å². The molecule has 0 radical (unpaired) electrons. The molecule has 2 aromatic heterocycles. The summed E-state index contributed by atoms with van der Waals surface area (Å²) in [6, 6.07) is 12.6. The summed E-state index contributed by atoms with van der Waals surface area (Å²) in [4.78, 5) is 4.63. The van der Waals surface area contributed by atoms with E-state index in [-0.39, 0.29) is 0 Å². The molecule has 22 heavy (non-hydrogen) atoms. The maximum absolute atomic E-state index is 5.55. The SMILES string of the molecule is C#CCn1c(C)c(C)c2ccnc(CCc3ccccc3)c21. The zero-order valence-electron chi connectivity index (χ0n) is 13.1. The van der Waals surface area contributed by atoms with Crippen molar-refractivity contribution in [2.45, 2.75) is 33.2 Å². The number of pyridine rings is 1. The summed E-state index contributed by atoms with van der Waals surface area (Å²) < 4.78 is 2.22. The number of hydrogen-bond donors (Lipinski definition) is 0. The Hall–Kier alpha value is -2.53. The molecule has 0 aliphatic rings. The van der Waals surface area contributed by atoms with Crippen LogP contribution < -0.4 is 0 Å². The summed E-state index contributed by atoms with van der Waals surface area (Å²) in [5.74, 6) is 2.77. The van der Waals surface area contributed by atoms with Crippen LogP contribution in [0.4, 0.5) is 0 Å². The Bertz CT molecular complexity index is 836. The molecular formula is C20H20N2. The van der Waals surface area contributed by atoms with Crippen molar-refractivity contribution in [2.24, 2.45) is 0 Å². The van der Waals surface area contributed by atoms with Crippen LogP contribution in [-0.2, 0) is 19.4 Å². The molecule has 3 aromatic rings. The molecule has 2 heteroatoms. The molecule has 0 N–H and O–H groups in total. The van der Waals surface area contributed by atoms with Crippen molar-refractivity contribution >= 4 is 10.9 Å². The van der Waals surface area contributed by atoms with Crippen LogP contribution in [0.1, 0.15) is 22.5 Å². The average molecular weight is 288 g/mol. The highest BCUT2D eigenvalue weighted by molar-refractivity contribution is 5.87. The molecule has 0 amide bonds. The molecule has 0 unspecified atom stereocenters. The Kier molecular flexibility index (Phi) is 3.98. The van der Waals surface area contributed by atoms with Crippen LogP contribution >= 0.6 is 0 Å². The lowest BCUT2D eigenvalue weighted by Crippen LogP contribution is -2.03. The molecule has 3 rings (SSSR count). The largest absolute Gasteiger partial charge is 0.331 e. The van der Waals surface area contributed by atoms with Gasteiger partial charge in [-0.15, -0.1) is 6.42 Å². The lowest BCUT2D eigenvalue weighted by atomic mass is 10.1. The number of terminal acetylenes is 1. The maximum atomic E-state index is 5.55. The fourth-order valence-corrected chi connectivity index (χ4v) is 3.05. The standard InChI is InChI=1S/C20H20N2/c1-4-14-22-16(3)15(2)18-12-13-21-19(20(18)22)11-10-17-8-6-5-7-9-17/h1,5-9,12-13H,10-11,14H2,2-3H3. The van der Waals surface area contributed by atoms with Gasteiger partial charge in [0.15, 0.2) is 0 Å². The molecule has 2 nitrogen and oxygen atoms in total. The zero-order valence-corrected chi connectivity index (χ0v) is 13.1. The maximum Gasteiger partial charge on any atom is 0.0838 e. The van der Waals surface area contributed by atoms with Gasteiger partial charge in [0.05, 0.1) is 17.8 Å². The van der Waals surface area contributed by atoms with E-state index in [1.54, 1.807) is 0 Å². The van der Waals surface area contributed by atoms with Crippen molar-refractivity contribution in [3.63, 3.8) is 0 Å². The summed E-state index contributed by atoms with van der Waals surface area (Å²) in [5.41, 5.74) is 6.21. The van der Waals surface area contributed by atoms with Gasteiger partial charge in [0, 0.05) is 17.3 Å². The second-order valence-electron chi connectivity index (χ2n) is 5.64. The van der Waals surface area contributed by atoms with Crippen molar-refractivity contribution in [3.05, 3.63) is 65.1 Å². The molecular weight excluding hydrogens is 268 g/mol. The van der Waals surface area contributed by atoms with Gasteiger partial charge in [-0.05, 0) is 43.9 Å². The van der Waals surface area contributed by atoms with E-state index in [1.165, 1.54) is 27.7 Å². The second-order valence-corrected chi connectivity index (χ2v) is 5.64. The number of fused-ring (bicyclic) bond motifs is 1. The molecule has 0 saturated carbocycles. The Morgan fingerprint density at radius 1 is 1.09 bits per heavy atom. The van der Waals surface area contributed by atoms with E-state index in [2.05, 4.69) is 59.7 Å². The lowest BCUT2D eigenvalue weighted by Gasteiger charge is -2.08. The van der Waals surface area contributed by atoms with Crippen molar-refractivity contribution in [1.82, 2.24) is 9.55 Å².